The Morgan fingerprint density at radius 2 is 1.88 bits per heavy atom. The summed E-state index contributed by atoms with van der Waals surface area (Å²) in [5.41, 5.74) is 5.98. The number of benzene rings is 1. The van der Waals surface area contributed by atoms with E-state index in [-0.39, 0.29) is 36.5 Å². The molecule has 130 valence electrons. The number of hydrogen-bond donors (Lipinski definition) is 2. The van der Waals surface area contributed by atoms with Crippen molar-refractivity contribution in [2.24, 2.45) is 5.73 Å². The molecule has 3 rings (SSSR count). The first-order chi connectivity index (χ1) is 10.5. The number of amides is 1. The summed E-state index contributed by atoms with van der Waals surface area (Å²) in [6, 6.07) is 9.20. The van der Waals surface area contributed by atoms with Crippen LogP contribution >= 0.6 is 24.8 Å². The van der Waals surface area contributed by atoms with Gasteiger partial charge in [-0.15, -0.1) is 24.8 Å². The fourth-order valence-corrected chi connectivity index (χ4v) is 1.92. The van der Waals surface area contributed by atoms with Crippen LogP contribution in [0, 0.1) is 5.82 Å². The quantitative estimate of drug-likeness (QED) is 0.844. The summed E-state index contributed by atoms with van der Waals surface area (Å²) in [4.78, 5) is 15.9. The zero-order chi connectivity index (χ0) is 15.6. The van der Waals surface area contributed by atoms with Gasteiger partial charge in [-0.25, -0.2) is 9.37 Å². The molecule has 0 unspecified atom stereocenters. The number of nitrogens with two attached hydrogens (primary N) is 1. The van der Waals surface area contributed by atoms with Gasteiger partial charge < -0.3 is 15.8 Å². The van der Waals surface area contributed by atoms with E-state index >= 15 is 0 Å². The lowest BCUT2D eigenvalue weighted by atomic mass is 10.2. The topological polar surface area (TPSA) is 77.2 Å². The SMILES string of the molecule is Cl.Cl.NC1(C(=O)NCc2ccc(Oc3ccc(F)cc3)nc2)CC1. The molecule has 3 N–H and O–H groups in total. The second kappa shape index (κ2) is 8.28. The van der Waals surface area contributed by atoms with Crippen LogP contribution < -0.4 is 15.8 Å². The van der Waals surface area contributed by atoms with Crippen molar-refractivity contribution in [1.82, 2.24) is 10.3 Å². The number of rotatable bonds is 5. The molecule has 1 fully saturated rings. The highest BCUT2D eigenvalue weighted by Gasteiger charge is 2.45. The molecule has 0 radical (unpaired) electrons. The van der Waals surface area contributed by atoms with Crippen molar-refractivity contribution in [3.8, 4) is 11.6 Å². The molecule has 24 heavy (non-hydrogen) atoms. The van der Waals surface area contributed by atoms with Gasteiger partial charge >= 0.3 is 0 Å². The van der Waals surface area contributed by atoms with Crippen molar-refractivity contribution in [2.45, 2.75) is 24.9 Å². The third kappa shape index (κ3) is 5.06. The first-order valence-corrected chi connectivity index (χ1v) is 7.01. The van der Waals surface area contributed by atoms with Crippen molar-refractivity contribution < 1.29 is 13.9 Å². The summed E-state index contributed by atoms with van der Waals surface area (Å²) in [7, 11) is 0. The van der Waals surface area contributed by atoms with Crippen LogP contribution in [0.4, 0.5) is 4.39 Å². The molecule has 1 aromatic carbocycles. The van der Waals surface area contributed by atoms with E-state index in [1.807, 2.05) is 6.07 Å². The van der Waals surface area contributed by atoms with Crippen LogP contribution in [-0.4, -0.2) is 16.4 Å². The Bertz CT molecular complexity index is 677. The molecule has 0 atom stereocenters. The van der Waals surface area contributed by atoms with Gasteiger partial charge in [-0.05, 0) is 42.7 Å². The minimum atomic E-state index is -0.668. The second-order valence-corrected chi connectivity index (χ2v) is 5.40. The zero-order valence-electron chi connectivity index (χ0n) is 12.7. The predicted molar refractivity (Wildman–Crippen MR) is 93.2 cm³/mol. The average Bonchev–Trinajstić information content (AvgIpc) is 3.28. The smallest absolute Gasteiger partial charge is 0.240 e. The molecule has 1 saturated carbocycles. The van der Waals surface area contributed by atoms with E-state index in [4.69, 9.17) is 10.5 Å². The van der Waals surface area contributed by atoms with E-state index in [0.29, 0.717) is 18.2 Å². The normalized spacial score (nSPS) is 13.9. The Hall–Kier alpha value is -1.89. The van der Waals surface area contributed by atoms with E-state index < -0.39 is 5.54 Å². The summed E-state index contributed by atoms with van der Waals surface area (Å²) in [5.74, 6) is 0.465. The summed E-state index contributed by atoms with van der Waals surface area (Å²) >= 11 is 0. The maximum Gasteiger partial charge on any atom is 0.240 e. The Balaban J connectivity index is 0.00000144. The van der Waals surface area contributed by atoms with E-state index in [1.54, 1.807) is 12.3 Å². The predicted octanol–water partition coefficient (Wildman–Crippen LogP) is 2.96. The Morgan fingerprint density at radius 1 is 1.21 bits per heavy atom. The summed E-state index contributed by atoms with van der Waals surface area (Å²) < 4.78 is 18.3. The molecule has 0 bridgehead atoms. The highest BCUT2D eigenvalue weighted by molar-refractivity contribution is 5.88. The molecule has 1 aliphatic rings. The van der Waals surface area contributed by atoms with Gasteiger partial charge in [0.05, 0.1) is 5.54 Å². The van der Waals surface area contributed by atoms with Crippen LogP contribution in [0.15, 0.2) is 42.6 Å². The largest absolute Gasteiger partial charge is 0.439 e. The molecule has 0 aliphatic heterocycles. The summed E-state index contributed by atoms with van der Waals surface area (Å²) in [5, 5.41) is 2.79. The van der Waals surface area contributed by atoms with Gasteiger partial charge in [0.15, 0.2) is 0 Å². The van der Waals surface area contributed by atoms with E-state index in [1.165, 1.54) is 24.3 Å². The van der Waals surface area contributed by atoms with Crippen molar-refractivity contribution in [1.29, 1.82) is 0 Å². The number of ether oxygens (including phenoxy) is 1. The molecule has 0 saturated heterocycles. The minimum absolute atomic E-state index is 0. The Labute approximate surface area is 151 Å². The number of nitrogens with zero attached hydrogens (tertiary/aromatic N) is 1. The van der Waals surface area contributed by atoms with Crippen LogP contribution in [0.1, 0.15) is 18.4 Å². The Morgan fingerprint density at radius 3 is 2.42 bits per heavy atom. The molecule has 1 amide bonds. The van der Waals surface area contributed by atoms with Crippen LogP contribution in [0.25, 0.3) is 0 Å². The fourth-order valence-electron chi connectivity index (χ4n) is 1.92. The molecule has 0 spiro atoms. The lowest BCUT2D eigenvalue weighted by Crippen LogP contribution is -2.42. The van der Waals surface area contributed by atoms with E-state index in [0.717, 1.165) is 18.4 Å². The van der Waals surface area contributed by atoms with Crippen molar-refractivity contribution in [3.63, 3.8) is 0 Å². The fraction of sp³-hybridized carbons (Fsp3) is 0.250. The molecule has 1 heterocycles. The number of carbonyl (C=O) groups excluding carboxylic acids is 1. The monoisotopic (exact) mass is 373 g/mol. The number of pyridine rings is 1. The summed E-state index contributed by atoms with van der Waals surface area (Å²) in [6.45, 7) is 0.377. The summed E-state index contributed by atoms with van der Waals surface area (Å²) in [6.07, 6.45) is 3.10. The van der Waals surface area contributed by atoms with Gasteiger partial charge in [-0.3, -0.25) is 4.79 Å². The standard InChI is InChI=1S/C16H16FN3O2.2ClH/c17-12-2-4-13(5-3-12)22-14-6-1-11(9-19-14)10-20-15(21)16(18)7-8-16;;/h1-6,9H,7-8,10,18H2,(H,20,21);2*1H. The molecule has 5 nitrogen and oxygen atoms in total. The van der Waals surface area contributed by atoms with Crippen molar-refractivity contribution in [3.05, 3.63) is 54.0 Å². The first-order valence-electron chi connectivity index (χ1n) is 7.01. The number of halogens is 3. The van der Waals surface area contributed by atoms with Crippen molar-refractivity contribution in [2.75, 3.05) is 0 Å². The highest BCUT2D eigenvalue weighted by Crippen LogP contribution is 2.32. The third-order valence-corrected chi connectivity index (χ3v) is 3.53. The zero-order valence-corrected chi connectivity index (χ0v) is 14.3. The van der Waals surface area contributed by atoms with Gasteiger partial charge in [-0.1, -0.05) is 6.07 Å². The van der Waals surface area contributed by atoms with Gasteiger partial charge in [0.2, 0.25) is 11.8 Å². The number of carbonyl (C=O) groups is 1. The van der Waals surface area contributed by atoms with E-state index in [9.17, 15) is 9.18 Å². The molecular formula is C16H18Cl2FN3O2. The average molecular weight is 374 g/mol. The molecule has 8 heteroatoms. The van der Waals surface area contributed by atoms with Gasteiger partial charge in [0, 0.05) is 18.8 Å². The number of aromatic nitrogens is 1. The van der Waals surface area contributed by atoms with Crippen LogP contribution in [0.2, 0.25) is 0 Å². The molecular weight excluding hydrogens is 356 g/mol. The van der Waals surface area contributed by atoms with Crippen LogP contribution in [0.5, 0.6) is 11.6 Å². The maximum absolute atomic E-state index is 12.8. The lowest BCUT2D eigenvalue weighted by molar-refractivity contribution is -0.123. The minimum Gasteiger partial charge on any atom is -0.439 e. The van der Waals surface area contributed by atoms with Crippen LogP contribution in [-0.2, 0) is 11.3 Å². The number of hydrogen-bond acceptors (Lipinski definition) is 4. The Kier molecular flexibility index (Phi) is 6.95. The second-order valence-electron chi connectivity index (χ2n) is 5.40. The van der Waals surface area contributed by atoms with Gasteiger partial charge in [-0.2, -0.15) is 0 Å². The first kappa shape index (κ1) is 20.2. The van der Waals surface area contributed by atoms with E-state index in [2.05, 4.69) is 10.3 Å². The van der Waals surface area contributed by atoms with Crippen molar-refractivity contribution >= 4 is 30.7 Å². The maximum atomic E-state index is 12.8. The molecule has 1 aliphatic carbocycles. The van der Waals surface area contributed by atoms with Gasteiger partial charge in [0.25, 0.3) is 0 Å². The lowest BCUT2D eigenvalue weighted by Gasteiger charge is -2.10. The molecule has 2 aromatic rings. The highest BCUT2D eigenvalue weighted by atomic mass is 35.5. The third-order valence-electron chi connectivity index (χ3n) is 3.53. The van der Waals surface area contributed by atoms with Gasteiger partial charge in [0.1, 0.15) is 11.6 Å². The molecule has 1 aromatic heterocycles. The van der Waals surface area contributed by atoms with Crippen LogP contribution in [0.3, 0.4) is 0 Å². The number of nitrogens with one attached hydrogen (secondary N) is 1.